The van der Waals surface area contributed by atoms with Crippen LogP contribution in [-0.2, 0) is 16.6 Å². The van der Waals surface area contributed by atoms with Crippen molar-refractivity contribution in [3.63, 3.8) is 0 Å². The van der Waals surface area contributed by atoms with Gasteiger partial charge in [0.1, 0.15) is 5.82 Å². The minimum Gasteiger partial charge on any atom is -0.308 e. The summed E-state index contributed by atoms with van der Waals surface area (Å²) >= 11 is 0. The summed E-state index contributed by atoms with van der Waals surface area (Å²) < 4.78 is 40.9. The average molecular weight is 336 g/mol. The fourth-order valence-corrected chi connectivity index (χ4v) is 3.58. The molecule has 0 saturated carbocycles. The van der Waals surface area contributed by atoms with Crippen LogP contribution in [0.5, 0.6) is 0 Å². The minimum atomic E-state index is -3.67. The van der Waals surface area contributed by atoms with Crippen LogP contribution < -0.4 is 0 Å². The maximum absolute atomic E-state index is 13.9. The molecule has 0 amide bonds. The molecule has 124 valence electrons. The Balaban J connectivity index is 2.32. The normalized spacial score (nSPS) is 12.0. The van der Waals surface area contributed by atoms with Crippen LogP contribution in [-0.4, -0.2) is 44.8 Å². The van der Waals surface area contributed by atoms with Crippen LogP contribution in [0.4, 0.5) is 4.39 Å². The first kappa shape index (κ1) is 17.6. The van der Waals surface area contributed by atoms with Gasteiger partial charge in [-0.3, -0.25) is 0 Å². The number of likely N-dealkylation sites (N-methyl/N-ethyl adjacent to an activating group) is 1. The van der Waals surface area contributed by atoms with E-state index in [2.05, 4.69) is 0 Å². The third-order valence-electron chi connectivity index (χ3n) is 3.48. The second-order valence-corrected chi connectivity index (χ2v) is 7.48. The first-order valence-electron chi connectivity index (χ1n) is 7.34. The van der Waals surface area contributed by atoms with E-state index in [0.717, 1.165) is 0 Å². The summed E-state index contributed by atoms with van der Waals surface area (Å²) in [5.41, 5.74) is 0.366. The summed E-state index contributed by atoms with van der Waals surface area (Å²) in [5, 5.41) is 0. The number of hydrogen-bond donors (Lipinski definition) is 0. The van der Waals surface area contributed by atoms with Crippen molar-refractivity contribution < 1.29 is 12.8 Å². The van der Waals surface area contributed by atoms with Crippen LogP contribution in [0.25, 0.3) is 0 Å². The van der Waals surface area contributed by atoms with Gasteiger partial charge in [0.05, 0.1) is 4.90 Å². The van der Waals surface area contributed by atoms with Gasteiger partial charge in [-0.25, -0.2) is 12.8 Å². The smallest absolute Gasteiger partial charge is 0.243 e. The number of hydrogen-bond acceptors (Lipinski definition) is 3. The van der Waals surface area contributed by atoms with E-state index in [1.807, 2.05) is 19.0 Å². The lowest BCUT2D eigenvalue weighted by Crippen LogP contribution is -2.36. The molecule has 0 atom stereocenters. The third kappa shape index (κ3) is 4.60. The van der Waals surface area contributed by atoms with Crippen LogP contribution in [0.15, 0.2) is 59.5 Å². The molecule has 0 aromatic heterocycles. The van der Waals surface area contributed by atoms with Gasteiger partial charge in [0, 0.05) is 25.2 Å². The molecule has 0 N–H and O–H groups in total. The highest BCUT2D eigenvalue weighted by Gasteiger charge is 2.25. The predicted octanol–water partition coefficient (Wildman–Crippen LogP) is 2.58. The maximum Gasteiger partial charge on any atom is 0.243 e. The first-order valence-corrected chi connectivity index (χ1v) is 8.78. The highest BCUT2D eigenvalue weighted by atomic mass is 32.2. The lowest BCUT2D eigenvalue weighted by Gasteiger charge is -2.24. The Hall–Kier alpha value is -1.76. The zero-order valence-corrected chi connectivity index (χ0v) is 14.1. The van der Waals surface area contributed by atoms with Crippen molar-refractivity contribution in [1.82, 2.24) is 9.21 Å². The predicted molar refractivity (Wildman–Crippen MR) is 89.0 cm³/mol. The molecule has 4 nitrogen and oxygen atoms in total. The van der Waals surface area contributed by atoms with Gasteiger partial charge in [-0.15, -0.1) is 0 Å². The SMILES string of the molecule is CN(C)CCN(Cc1ccccc1F)S(=O)(=O)c1ccccc1. The van der Waals surface area contributed by atoms with Crippen molar-refractivity contribution in [2.75, 3.05) is 27.2 Å². The quantitative estimate of drug-likeness (QED) is 0.780. The number of nitrogens with zero attached hydrogens (tertiary/aromatic N) is 2. The Morgan fingerprint density at radius 1 is 0.913 bits per heavy atom. The molecule has 0 radical (unpaired) electrons. The molecule has 0 aliphatic rings. The molecule has 0 saturated heterocycles. The second-order valence-electron chi connectivity index (χ2n) is 5.55. The van der Waals surface area contributed by atoms with Gasteiger partial charge >= 0.3 is 0 Å². The van der Waals surface area contributed by atoms with Crippen molar-refractivity contribution in [3.05, 3.63) is 66.0 Å². The van der Waals surface area contributed by atoms with Crippen molar-refractivity contribution in [3.8, 4) is 0 Å². The Morgan fingerprint density at radius 2 is 1.52 bits per heavy atom. The Morgan fingerprint density at radius 3 is 2.13 bits per heavy atom. The third-order valence-corrected chi connectivity index (χ3v) is 5.34. The van der Waals surface area contributed by atoms with Crippen LogP contribution >= 0.6 is 0 Å². The standard InChI is InChI=1S/C17H21FN2O2S/c1-19(2)12-13-20(14-15-8-6-7-11-17(15)18)23(21,22)16-9-4-3-5-10-16/h3-11H,12-14H2,1-2H3. The fraction of sp³-hybridized carbons (Fsp3) is 0.294. The molecule has 0 heterocycles. The van der Waals surface area contributed by atoms with E-state index in [1.165, 1.54) is 10.4 Å². The number of rotatable bonds is 7. The van der Waals surface area contributed by atoms with Crippen LogP contribution in [0.1, 0.15) is 5.56 Å². The molecular formula is C17H21FN2O2S. The van der Waals surface area contributed by atoms with E-state index >= 15 is 0 Å². The van der Waals surface area contributed by atoms with E-state index in [0.29, 0.717) is 18.7 Å². The van der Waals surface area contributed by atoms with Gasteiger partial charge in [0.2, 0.25) is 10.0 Å². The van der Waals surface area contributed by atoms with E-state index in [1.54, 1.807) is 48.5 Å². The summed E-state index contributed by atoms with van der Waals surface area (Å²) in [6.07, 6.45) is 0. The van der Waals surface area contributed by atoms with E-state index < -0.39 is 15.8 Å². The highest BCUT2D eigenvalue weighted by molar-refractivity contribution is 7.89. The number of benzene rings is 2. The summed E-state index contributed by atoms with van der Waals surface area (Å²) in [6, 6.07) is 14.5. The minimum absolute atomic E-state index is 0.0116. The summed E-state index contributed by atoms with van der Waals surface area (Å²) in [5.74, 6) is -0.398. The molecule has 0 spiro atoms. The molecule has 2 aromatic rings. The van der Waals surface area contributed by atoms with Gasteiger partial charge in [-0.05, 0) is 32.3 Å². The molecule has 0 bridgehead atoms. The zero-order valence-electron chi connectivity index (χ0n) is 13.3. The van der Waals surface area contributed by atoms with Gasteiger partial charge < -0.3 is 4.90 Å². The lowest BCUT2D eigenvalue weighted by atomic mass is 10.2. The van der Waals surface area contributed by atoms with Gasteiger partial charge in [-0.2, -0.15) is 4.31 Å². The molecule has 23 heavy (non-hydrogen) atoms. The van der Waals surface area contributed by atoms with Gasteiger partial charge in [-0.1, -0.05) is 36.4 Å². The monoisotopic (exact) mass is 336 g/mol. The Bertz CT molecular complexity index is 733. The molecule has 0 aliphatic heterocycles. The first-order chi connectivity index (χ1) is 10.9. The fourth-order valence-electron chi connectivity index (χ4n) is 2.15. The van der Waals surface area contributed by atoms with Crippen LogP contribution in [0, 0.1) is 5.82 Å². The molecule has 0 unspecified atom stereocenters. The van der Waals surface area contributed by atoms with Gasteiger partial charge in [0.25, 0.3) is 0 Å². The average Bonchev–Trinajstić information content (AvgIpc) is 2.53. The van der Waals surface area contributed by atoms with Crippen molar-refractivity contribution >= 4 is 10.0 Å². The summed E-state index contributed by atoms with van der Waals surface area (Å²) in [6.45, 7) is 0.858. The highest BCUT2D eigenvalue weighted by Crippen LogP contribution is 2.19. The van der Waals surface area contributed by atoms with Crippen LogP contribution in [0.2, 0.25) is 0 Å². The maximum atomic E-state index is 13.9. The molecule has 2 rings (SSSR count). The molecule has 0 fully saturated rings. The van der Waals surface area contributed by atoms with E-state index in [-0.39, 0.29) is 11.4 Å². The Kier molecular flexibility index (Phi) is 5.87. The molecule has 6 heteroatoms. The molecule has 2 aromatic carbocycles. The topological polar surface area (TPSA) is 40.6 Å². The molecular weight excluding hydrogens is 315 g/mol. The van der Waals surface area contributed by atoms with Crippen molar-refractivity contribution in [1.29, 1.82) is 0 Å². The second kappa shape index (κ2) is 7.68. The van der Waals surface area contributed by atoms with Crippen LogP contribution in [0.3, 0.4) is 0 Å². The summed E-state index contributed by atoms with van der Waals surface area (Å²) in [4.78, 5) is 2.12. The van der Waals surface area contributed by atoms with Crippen molar-refractivity contribution in [2.45, 2.75) is 11.4 Å². The van der Waals surface area contributed by atoms with Gasteiger partial charge in [0.15, 0.2) is 0 Å². The van der Waals surface area contributed by atoms with E-state index in [4.69, 9.17) is 0 Å². The number of halogens is 1. The Labute approximate surface area is 137 Å². The molecule has 0 aliphatic carbocycles. The van der Waals surface area contributed by atoms with E-state index in [9.17, 15) is 12.8 Å². The van der Waals surface area contributed by atoms with Crippen molar-refractivity contribution in [2.24, 2.45) is 0 Å². The lowest BCUT2D eigenvalue weighted by molar-refractivity contribution is 0.327. The largest absolute Gasteiger partial charge is 0.308 e. The number of sulfonamides is 1. The summed E-state index contributed by atoms with van der Waals surface area (Å²) in [7, 11) is 0.0712. The zero-order chi connectivity index (χ0) is 16.9.